The molecule has 0 bridgehead atoms. The molecule has 4 rings (SSSR count). The number of rotatable bonds is 4. The molecule has 0 unspecified atom stereocenters. The zero-order valence-corrected chi connectivity index (χ0v) is 18.3. The Morgan fingerprint density at radius 3 is 2.45 bits per heavy atom. The van der Waals surface area contributed by atoms with Crippen molar-refractivity contribution in [3.05, 3.63) is 65.7 Å². The van der Waals surface area contributed by atoms with Gasteiger partial charge in [-0.3, -0.25) is 9.69 Å². The normalized spacial score (nSPS) is 19.8. The Morgan fingerprint density at radius 2 is 1.71 bits per heavy atom. The Hall–Kier alpha value is -2.86. The van der Waals surface area contributed by atoms with Crippen LogP contribution < -0.4 is 5.32 Å². The first kappa shape index (κ1) is 21.4. The maximum absolute atomic E-state index is 13.1. The van der Waals surface area contributed by atoms with Crippen LogP contribution in [0.3, 0.4) is 0 Å². The summed E-state index contributed by atoms with van der Waals surface area (Å²) in [6, 6.07) is 18.0. The molecule has 6 nitrogen and oxygen atoms in total. The Kier molecular flexibility index (Phi) is 6.87. The summed E-state index contributed by atoms with van der Waals surface area (Å²) in [6.07, 6.45) is 1.73. The van der Waals surface area contributed by atoms with Crippen molar-refractivity contribution in [1.82, 2.24) is 14.7 Å². The molecule has 2 fully saturated rings. The molecule has 0 spiro atoms. The summed E-state index contributed by atoms with van der Waals surface area (Å²) in [6.45, 7) is 7.56. The SMILES string of the molecule is Cc1cccc(CN2CCN(C(=O)[C@@H]3CCCN(C(=O)Nc4ccccc4)C3)CC2)c1. The lowest BCUT2D eigenvalue weighted by Gasteiger charge is -2.39. The number of urea groups is 1. The van der Waals surface area contributed by atoms with E-state index in [1.54, 1.807) is 4.90 Å². The molecule has 2 aromatic rings. The highest BCUT2D eigenvalue weighted by molar-refractivity contribution is 5.90. The van der Waals surface area contributed by atoms with Crippen molar-refractivity contribution < 1.29 is 9.59 Å². The first-order valence-corrected chi connectivity index (χ1v) is 11.3. The molecule has 2 aliphatic rings. The molecule has 0 saturated carbocycles. The van der Waals surface area contributed by atoms with Gasteiger partial charge in [0.15, 0.2) is 0 Å². The third kappa shape index (κ3) is 5.64. The summed E-state index contributed by atoms with van der Waals surface area (Å²) in [7, 11) is 0. The fourth-order valence-electron chi connectivity index (χ4n) is 4.54. The van der Waals surface area contributed by atoms with Crippen molar-refractivity contribution >= 4 is 17.6 Å². The maximum Gasteiger partial charge on any atom is 0.321 e. The van der Waals surface area contributed by atoms with Crippen molar-refractivity contribution in [3.63, 3.8) is 0 Å². The summed E-state index contributed by atoms with van der Waals surface area (Å²) in [5, 5.41) is 2.94. The minimum absolute atomic E-state index is 0.0985. The second-order valence-corrected chi connectivity index (χ2v) is 8.67. The minimum atomic E-state index is -0.119. The summed E-state index contributed by atoms with van der Waals surface area (Å²) >= 11 is 0. The van der Waals surface area contributed by atoms with E-state index in [2.05, 4.69) is 41.4 Å². The molecular weight excluding hydrogens is 388 g/mol. The molecule has 31 heavy (non-hydrogen) atoms. The average molecular weight is 421 g/mol. The largest absolute Gasteiger partial charge is 0.340 e. The lowest BCUT2D eigenvalue weighted by molar-refractivity contribution is -0.138. The van der Waals surface area contributed by atoms with Gasteiger partial charge < -0.3 is 15.1 Å². The van der Waals surface area contributed by atoms with Crippen LogP contribution in [-0.4, -0.2) is 65.9 Å². The van der Waals surface area contributed by atoms with Crippen LogP contribution in [0.25, 0.3) is 0 Å². The Labute approximate surface area is 184 Å². The number of aryl methyl sites for hydroxylation is 1. The number of nitrogens with one attached hydrogen (secondary N) is 1. The highest BCUT2D eigenvalue weighted by Crippen LogP contribution is 2.21. The van der Waals surface area contributed by atoms with Crippen LogP contribution in [0.5, 0.6) is 0 Å². The molecule has 2 aromatic carbocycles. The fourth-order valence-corrected chi connectivity index (χ4v) is 4.54. The van der Waals surface area contributed by atoms with Crippen LogP contribution >= 0.6 is 0 Å². The third-order valence-corrected chi connectivity index (χ3v) is 6.26. The van der Waals surface area contributed by atoms with Gasteiger partial charge in [0.1, 0.15) is 0 Å². The molecule has 0 radical (unpaired) electrons. The number of para-hydroxylation sites is 1. The molecule has 3 amide bonds. The van der Waals surface area contributed by atoms with Gasteiger partial charge in [0, 0.05) is 51.5 Å². The van der Waals surface area contributed by atoms with E-state index in [1.165, 1.54) is 11.1 Å². The standard InChI is InChI=1S/C25H32N4O2/c1-20-7-5-8-21(17-20)18-27-13-15-28(16-14-27)24(30)22-9-6-12-29(19-22)25(31)26-23-10-3-2-4-11-23/h2-5,7-8,10-11,17,22H,6,9,12-16,18-19H2,1H3,(H,26,31)/t22-/m1/s1. The first-order valence-electron chi connectivity index (χ1n) is 11.3. The number of nitrogens with zero attached hydrogens (tertiary/aromatic N) is 3. The monoisotopic (exact) mass is 420 g/mol. The zero-order chi connectivity index (χ0) is 21.6. The maximum atomic E-state index is 13.1. The summed E-state index contributed by atoms with van der Waals surface area (Å²) < 4.78 is 0. The van der Waals surface area contributed by atoms with Gasteiger partial charge in [-0.2, -0.15) is 0 Å². The predicted octanol–water partition coefficient (Wildman–Crippen LogP) is 3.58. The van der Waals surface area contributed by atoms with Gasteiger partial charge in [0.05, 0.1) is 5.92 Å². The molecular formula is C25H32N4O2. The average Bonchev–Trinajstić information content (AvgIpc) is 2.80. The highest BCUT2D eigenvalue weighted by Gasteiger charge is 2.32. The molecule has 2 saturated heterocycles. The number of amides is 3. The molecule has 164 valence electrons. The summed E-state index contributed by atoms with van der Waals surface area (Å²) in [4.78, 5) is 32.0. The Bertz CT molecular complexity index is 893. The van der Waals surface area contributed by atoms with E-state index in [9.17, 15) is 9.59 Å². The zero-order valence-electron chi connectivity index (χ0n) is 18.3. The quantitative estimate of drug-likeness (QED) is 0.823. The predicted molar refractivity (Wildman–Crippen MR) is 123 cm³/mol. The lowest BCUT2D eigenvalue weighted by atomic mass is 9.96. The van der Waals surface area contributed by atoms with Gasteiger partial charge in [-0.05, 0) is 37.5 Å². The fraction of sp³-hybridized carbons (Fsp3) is 0.440. The van der Waals surface area contributed by atoms with Gasteiger partial charge in [-0.15, -0.1) is 0 Å². The Morgan fingerprint density at radius 1 is 0.935 bits per heavy atom. The van der Waals surface area contributed by atoms with Gasteiger partial charge in [0.2, 0.25) is 5.91 Å². The van der Waals surface area contributed by atoms with Crippen LogP contribution in [0.2, 0.25) is 0 Å². The van der Waals surface area contributed by atoms with Crippen molar-refractivity contribution in [2.24, 2.45) is 5.92 Å². The number of piperidine rings is 1. The number of benzene rings is 2. The number of piperazine rings is 1. The molecule has 6 heteroatoms. The van der Waals surface area contributed by atoms with Gasteiger partial charge >= 0.3 is 6.03 Å². The van der Waals surface area contributed by atoms with Crippen molar-refractivity contribution in [2.45, 2.75) is 26.3 Å². The third-order valence-electron chi connectivity index (χ3n) is 6.26. The molecule has 0 aliphatic carbocycles. The van der Waals surface area contributed by atoms with Crippen LogP contribution in [0.4, 0.5) is 10.5 Å². The van der Waals surface area contributed by atoms with E-state index in [0.717, 1.165) is 51.3 Å². The number of carbonyl (C=O) groups excluding carboxylic acids is 2. The Balaban J connectivity index is 1.27. The summed E-state index contributed by atoms with van der Waals surface area (Å²) in [5.74, 6) is 0.103. The van der Waals surface area contributed by atoms with E-state index in [-0.39, 0.29) is 17.9 Å². The lowest BCUT2D eigenvalue weighted by Crippen LogP contribution is -2.53. The minimum Gasteiger partial charge on any atom is -0.340 e. The molecule has 1 atom stereocenters. The number of hydrogen-bond acceptors (Lipinski definition) is 3. The van der Waals surface area contributed by atoms with Crippen LogP contribution in [0.1, 0.15) is 24.0 Å². The van der Waals surface area contributed by atoms with E-state index in [1.807, 2.05) is 35.2 Å². The van der Waals surface area contributed by atoms with Crippen molar-refractivity contribution in [3.8, 4) is 0 Å². The number of anilines is 1. The first-order chi connectivity index (χ1) is 15.1. The van der Waals surface area contributed by atoms with Crippen LogP contribution in [-0.2, 0) is 11.3 Å². The van der Waals surface area contributed by atoms with E-state index in [0.29, 0.717) is 13.1 Å². The van der Waals surface area contributed by atoms with Crippen LogP contribution in [0, 0.1) is 12.8 Å². The van der Waals surface area contributed by atoms with Gasteiger partial charge in [-0.25, -0.2) is 4.79 Å². The molecule has 2 aliphatic heterocycles. The number of carbonyl (C=O) groups is 2. The van der Waals surface area contributed by atoms with Crippen molar-refractivity contribution in [1.29, 1.82) is 0 Å². The van der Waals surface area contributed by atoms with Crippen LogP contribution in [0.15, 0.2) is 54.6 Å². The second-order valence-electron chi connectivity index (χ2n) is 8.67. The van der Waals surface area contributed by atoms with Gasteiger partial charge in [-0.1, -0.05) is 48.0 Å². The molecule has 1 N–H and O–H groups in total. The highest BCUT2D eigenvalue weighted by atomic mass is 16.2. The second kappa shape index (κ2) is 9.96. The smallest absolute Gasteiger partial charge is 0.321 e. The van der Waals surface area contributed by atoms with E-state index >= 15 is 0 Å². The molecule has 2 heterocycles. The molecule has 0 aromatic heterocycles. The number of likely N-dealkylation sites (tertiary alicyclic amines) is 1. The summed E-state index contributed by atoms with van der Waals surface area (Å²) in [5.41, 5.74) is 3.39. The van der Waals surface area contributed by atoms with Crippen molar-refractivity contribution in [2.75, 3.05) is 44.6 Å². The van der Waals surface area contributed by atoms with Gasteiger partial charge in [0.25, 0.3) is 0 Å². The topological polar surface area (TPSA) is 55.9 Å². The van der Waals surface area contributed by atoms with E-state index < -0.39 is 0 Å². The number of hydrogen-bond donors (Lipinski definition) is 1. The van der Waals surface area contributed by atoms with E-state index in [4.69, 9.17) is 0 Å².